The maximum absolute atomic E-state index is 2.51. The second kappa shape index (κ2) is 10.0. The third kappa shape index (κ3) is 8.29. The van der Waals surface area contributed by atoms with Crippen molar-refractivity contribution in [3.63, 3.8) is 0 Å². The molecule has 21 heavy (non-hydrogen) atoms. The molecule has 0 heteroatoms. The lowest BCUT2D eigenvalue weighted by Gasteiger charge is -2.12. The van der Waals surface area contributed by atoms with Gasteiger partial charge in [-0.15, -0.1) is 0 Å². The van der Waals surface area contributed by atoms with E-state index in [0.717, 1.165) is 11.8 Å². The summed E-state index contributed by atoms with van der Waals surface area (Å²) >= 11 is 0. The highest BCUT2D eigenvalue weighted by atomic mass is 14.3. The minimum Gasteiger partial charge on any atom is -0.0856 e. The standard InChI is InChI=1S/C21H36/c1-17(2)9-6-10-18(3)11-7-12-19(4)15-16-21-14-8-13-20(21)5/h9,11,15,20-21H,6-8,10,12-14,16H2,1-5H3. The predicted molar refractivity (Wildman–Crippen MR) is 96.5 cm³/mol. The fourth-order valence-electron chi connectivity index (χ4n) is 3.26. The van der Waals surface area contributed by atoms with E-state index in [1.165, 1.54) is 56.9 Å². The van der Waals surface area contributed by atoms with Gasteiger partial charge in [0.25, 0.3) is 0 Å². The van der Waals surface area contributed by atoms with E-state index in [2.05, 4.69) is 52.8 Å². The molecule has 0 aromatic carbocycles. The van der Waals surface area contributed by atoms with E-state index in [-0.39, 0.29) is 0 Å². The van der Waals surface area contributed by atoms with Crippen LogP contribution in [-0.4, -0.2) is 0 Å². The van der Waals surface area contributed by atoms with Gasteiger partial charge in [0.1, 0.15) is 0 Å². The van der Waals surface area contributed by atoms with Gasteiger partial charge in [0, 0.05) is 0 Å². The second-order valence-electron chi connectivity index (χ2n) is 7.36. The van der Waals surface area contributed by atoms with Gasteiger partial charge in [-0.25, -0.2) is 0 Å². The van der Waals surface area contributed by atoms with E-state index >= 15 is 0 Å². The van der Waals surface area contributed by atoms with Crippen LogP contribution in [0, 0.1) is 11.8 Å². The molecule has 0 bridgehead atoms. The Morgan fingerprint density at radius 1 is 0.857 bits per heavy atom. The topological polar surface area (TPSA) is 0 Å². The van der Waals surface area contributed by atoms with Crippen LogP contribution in [0.4, 0.5) is 0 Å². The summed E-state index contributed by atoms with van der Waals surface area (Å²) in [7, 11) is 0. The van der Waals surface area contributed by atoms with Gasteiger partial charge in [-0.1, -0.05) is 54.7 Å². The van der Waals surface area contributed by atoms with Gasteiger partial charge in [0.15, 0.2) is 0 Å². The molecule has 2 atom stereocenters. The summed E-state index contributed by atoms with van der Waals surface area (Å²) in [5.41, 5.74) is 4.56. The molecule has 0 aliphatic heterocycles. The molecule has 1 aliphatic rings. The Kier molecular flexibility index (Phi) is 8.73. The summed E-state index contributed by atoms with van der Waals surface area (Å²) in [4.78, 5) is 0. The third-order valence-corrected chi connectivity index (χ3v) is 4.93. The monoisotopic (exact) mass is 288 g/mol. The molecule has 0 aromatic heterocycles. The fraction of sp³-hybridized carbons (Fsp3) is 0.714. The maximum atomic E-state index is 2.51. The molecule has 120 valence electrons. The van der Waals surface area contributed by atoms with Crippen LogP contribution in [0.5, 0.6) is 0 Å². The Morgan fingerprint density at radius 2 is 1.48 bits per heavy atom. The van der Waals surface area contributed by atoms with Crippen LogP contribution in [0.3, 0.4) is 0 Å². The van der Waals surface area contributed by atoms with Crippen molar-refractivity contribution in [1.29, 1.82) is 0 Å². The number of rotatable bonds is 8. The zero-order chi connectivity index (χ0) is 15.7. The van der Waals surface area contributed by atoms with E-state index in [0.29, 0.717) is 0 Å². The molecule has 1 aliphatic carbocycles. The highest BCUT2D eigenvalue weighted by Crippen LogP contribution is 2.34. The molecule has 0 saturated heterocycles. The third-order valence-electron chi connectivity index (χ3n) is 4.93. The Balaban J connectivity index is 2.22. The molecule has 0 radical (unpaired) electrons. The first-order valence-corrected chi connectivity index (χ1v) is 8.93. The first-order chi connectivity index (χ1) is 9.99. The Bertz CT molecular complexity index is 377. The average molecular weight is 289 g/mol. The fourth-order valence-corrected chi connectivity index (χ4v) is 3.26. The number of allylic oxidation sites excluding steroid dienone is 6. The summed E-state index contributed by atoms with van der Waals surface area (Å²) < 4.78 is 0. The van der Waals surface area contributed by atoms with Gasteiger partial charge >= 0.3 is 0 Å². The van der Waals surface area contributed by atoms with Gasteiger partial charge < -0.3 is 0 Å². The van der Waals surface area contributed by atoms with Crippen LogP contribution < -0.4 is 0 Å². The maximum Gasteiger partial charge on any atom is -0.0288 e. The van der Waals surface area contributed by atoms with E-state index in [1.807, 2.05) is 0 Å². The van der Waals surface area contributed by atoms with Gasteiger partial charge in [0.2, 0.25) is 0 Å². The van der Waals surface area contributed by atoms with Crippen molar-refractivity contribution in [1.82, 2.24) is 0 Å². The largest absolute Gasteiger partial charge is 0.0856 e. The van der Waals surface area contributed by atoms with Crippen LogP contribution in [0.2, 0.25) is 0 Å². The minimum atomic E-state index is 0.950. The molecular weight excluding hydrogens is 252 g/mol. The van der Waals surface area contributed by atoms with Crippen LogP contribution in [-0.2, 0) is 0 Å². The second-order valence-corrected chi connectivity index (χ2v) is 7.36. The molecule has 0 spiro atoms. The normalized spacial score (nSPS) is 23.5. The molecule has 0 N–H and O–H groups in total. The molecule has 1 saturated carbocycles. The average Bonchev–Trinajstić information content (AvgIpc) is 2.81. The van der Waals surface area contributed by atoms with Crippen LogP contribution in [0.15, 0.2) is 34.9 Å². The lowest BCUT2D eigenvalue weighted by Crippen LogP contribution is -2.02. The molecule has 0 amide bonds. The van der Waals surface area contributed by atoms with E-state index in [9.17, 15) is 0 Å². The predicted octanol–water partition coefficient (Wildman–Crippen LogP) is 7.23. The zero-order valence-corrected chi connectivity index (χ0v) is 15.0. The first-order valence-electron chi connectivity index (χ1n) is 8.93. The summed E-state index contributed by atoms with van der Waals surface area (Å²) in [6, 6.07) is 0. The van der Waals surface area contributed by atoms with Crippen molar-refractivity contribution in [2.75, 3.05) is 0 Å². The zero-order valence-electron chi connectivity index (χ0n) is 15.0. The van der Waals surface area contributed by atoms with E-state index in [1.54, 1.807) is 11.1 Å². The van der Waals surface area contributed by atoms with Crippen molar-refractivity contribution >= 4 is 0 Å². The van der Waals surface area contributed by atoms with Crippen LogP contribution >= 0.6 is 0 Å². The van der Waals surface area contributed by atoms with Gasteiger partial charge in [-0.2, -0.15) is 0 Å². The highest BCUT2D eigenvalue weighted by molar-refractivity contribution is 5.05. The number of hydrogen-bond acceptors (Lipinski definition) is 0. The van der Waals surface area contributed by atoms with Gasteiger partial charge in [0.05, 0.1) is 0 Å². The van der Waals surface area contributed by atoms with Crippen molar-refractivity contribution in [3.8, 4) is 0 Å². The van der Waals surface area contributed by atoms with Crippen molar-refractivity contribution in [2.24, 2.45) is 11.8 Å². The van der Waals surface area contributed by atoms with Crippen LogP contribution in [0.25, 0.3) is 0 Å². The smallest absolute Gasteiger partial charge is 0.0288 e. The minimum absolute atomic E-state index is 0.950. The highest BCUT2D eigenvalue weighted by Gasteiger charge is 2.21. The first kappa shape index (κ1) is 18.3. The molecule has 0 aromatic rings. The van der Waals surface area contributed by atoms with Crippen LogP contribution in [0.1, 0.15) is 86.0 Å². The van der Waals surface area contributed by atoms with Crippen molar-refractivity contribution in [3.05, 3.63) is 34.9 Å². The molecule has 1 rings (SSSR count). The molecule has 1 fully saturated rings. The molecule has 0 heterocycles. The summed E-state index contributed by atoms with van der Waals surface area (Å²) in [5.74, 6) is 1.91. The molecule has 0 nitrogen and oxygen atoms in total. The quantitative estimate of drug-likeness (QED) is 0.413. The Morgan fingerprint density at radius 3 is 2.05 bits per heavy atom. The number of hydrogen-bond donors (Lipinski definition) is 0. The summed E-state index contributed by atoms with van der Waals surface area (Å²) in [6.07, 6.45) is 17.8. The van der Waals surface area contributed by atoms with E-state index in [4.69, 9.17) is 0 Å². The van der Waals surface area contributed by atoms with Gasteiger partial charge in [-0.3, -0.25) is 0 Å². The SMILES string of the molecule is CC(C)=CCCC(C)=CCCC(C)=CCC1CCCC1C. The lowest BCUT2D eigenvalue weighted by atomic mass is 9.93. The Hall–Kier alpha value is -0.780. The Labute approximate surface area is 133 Å². The summed E-state index contributed by atoms with van der Waals surface area (Å²) in [5, 5.41) is 0. The van der Waals surface area contributed by atoms with Crippen molar-refractivity contribution < 1.29 is 0 Å². The molecular formula is C21H36. The van der Waals surface area contributed by atoms with Crippen molar-refractivity contribution in [2.45, 2.75) is 86.0 Å². The van der Waals surface area contributed by atoms with Gasteiger partial charge in [-0.05, 0) is 78.1 Å². The lowest BCUT2D eigenvalue weighted by molar-refractivity contribution is 0.423. The van der Waals surface area contributed by atoms with E-state index < -0.39 is 0 Å². The summed E-state index contributed by atoms with van der Waals surface area (Å²) in [6.45, 7) is 11.4. The molecule has 2 unspecified atom stereocenters.